The number of fused-ring (bicyclic) bond motifs is 1. The molecule has 0 atom stereocenters. The van der Waals surface area contributed by atoms with E-state index >= 15 is 0 Å². The summed E-state index contributed by atoms with van der Waals surface area (Å²) in [5.41, 5.74) is 3.47. The Bertz CT molecular complexity index is 934. The Labute approximate surface area is 154 Å². The SMILES string of the molecule is CCCCNc1nnc(SCc2cc(=O)oc3c(C)c(C)ccc23)s1. The Morgan fingerprint density at radius 3 is 2.92 bits per heavy atom. The highest BCUT2D eigenvalue weighted by Crippen LogP contribution is 2.31. The van der Waals surface area contributed by atoms with Gasteiger partial charge in [-0.15, -0.1) is 10.2 Å². The number of hydrogen-bond donors (Lipinski definition) is 1. The number of hydrogen-bond acceptors (Lipinski definition) is 7. The quantitative estimate of drug-likeness (QED) is 0.365. The van der Waals surface area contributed by atoms with E-state index in [1.165, 1.54) is 0 Å². The van der Waals surface area contributed by atoms with Gasteiger partial charge in [-0.2, -0.15) is 0 Å². The molecule has 0 fully saturated rings. The summed E-state index contributed by atoms with van der Waals surface area (Å²) in [6, 6.07) is 5.66. The van der Waals surface area contributed by atoms with Crippen molar-refractivity contribution in [1.29, 1.82) is 0 Å². The fraction of sp³-hybridized carbons (Fsp3) is 0.389. The number of anilines is 1. The average molecular weight is 376 g/mol. The summed E-state index contributed by atoms with van der Waals surface area (Å²) >= 11 is 3.14. The summed E-state index contributed by atoms with van der Waals surface area (Å²) in [5.74, 6) is 0.661. The van der Waals surface area contributed by atoms with Gasteiger partial charge in [0.1, 0.15) is 5.58 Å². The maximum atomic E-state index is 11.9. The second-order valence-corrected chi connectivity index (χ2v) is 8.12. The molecule has 7 heteroatoms. The van der Waals surface area contributed by atoms with Crippen molar-refractivity contribution in [3.63, 3.8) is 0 Å². The van der Waals surface area contributed by atoms with Crippen molar-refractivity contribution in [2.24, 2.45) is 0 Å². The molecule has 3 aromatic rings. The molecule has 0 spiro atoms. The minimum absolute atomic E-state index is 0.309. The van der Waals surface area contributed by atoms with Crippen LogP contribution in [-0.4, -0.2) is 16.7 Å². The van der Waals surface area contributed by atoms with Crippen LogP contribution in [0.5, 0.6) is 0 Å². The van der Waals surface area contributed by atoms with Gasteiger partial charge in [-0.1, -0.05) is 48.6 Å². The third-order valence-electron chi connectivity index (χ3n) is 4.08. The molecule has 0 amide bonds. The molecule has 2 heterocycles. The topological polar surface area (TPSA) is 68.0 Å². The molecule has 0 aliphatic carbocycles. The fourth-order valence-electron chi connectivity index (χ4n) is 2.50. The van der Waals surface area contributed by atoms with Gasteiger partial charge in [-0.25, -0.2) is 4.79 Å². The third kappa shape index (κ3) is 4.22. The minimum Gasteiger partial charge on any atom is -0.422 e. The summed E-state index contributed by atoms with van der Waals surface area (Å²) in [5, 5.41) is 13.5. The molecule has 132 valence electrons. The summed E-state index contributed by atoms with van der Waals surface area (Å²) in [4.78, 5) is 11.9. The van der Waals surface area contributed by atoms with Crippen molar-refractivity contribution in [2.45, 2.75) is 43.7 Å². The number of benzene rings is 1. The summed E-state index contributed by atoms with van der Waals surface area (Å²) < 4.78 is 6.32. The number of aromatic nitrogens is 2. The van der Waals surface area contributed by atoms with Crippen LogP contribution >= 0.6 is 23.1 Å². The lowest BCUT2D eigenvalue weighted by Crippen LogP contribution is -2.01. The van der Waals surface area contributed by atoms with Crippen molar-refractivity contribution in [3.8, 4) is 0 Å². The first-order chi connectivity index (χ1) is 12.1. The first-order valence-electron chi connectivity index (χ1n) is 8.31. The van der Waals surface area contributed by atoms with Gasteiger partial charge in [-0.3, -0.25) is 0 Å². The van der Waals surface area contributed by atoms with E-state index in [0.29, 0.717) is 11.3 Å². The predicted octanol–water partition coefficient (Wildman–Crippen LogP) is 4.77. The normalized spacial score (nSPS) is 11.2. The van der Waals surface area contributed by atoms with Crippen molar-refractivity contribution in [3.05, 3.63) is 45.3 Å². The molecule has 0 aliphatic heterocycles. The van der Waals surface area contributed by atoms with Crippen LogP contribution in [0.4, 0.5) is 5.13 Å². The number of rotatable bonds is 7. The summed E-state index contributed by atoms with van der Waals surface area (Å²) in [6.45, 7) is 7.08. The van der Waals surface area contributed by atoms with E-state index in [-0.39, 0.29) is 5.63 Å². The third-order valence-corrected chi connectivity index (χ3v) is 6.14. The molecule has 5 nitrogen and oxygen atoms in total. The fourth-order valence-corrected chi connectivity index (χ4v) is 4.26. The van der Waals surface area contributed by atoms with Gasteiger partial charge >= 0.3 is 5.63 Å². The Kier molecular flexibility index (Phi) is 5.75. The zero-order chi connectivity index (χ0) is 17.8. The van der Waals surface area contributed by atoms with Crippen molar-refractivity contribution in [1.82, 2.24) is 10.2 Å². The van der Waals surface area contributed by atoms with Crippen LogP contribution in [0, 0.1) is 13.8 Å². The molecule has 1 aromatic carbocycles. The van der Waals surface area contributed by atoms with Gasteiger partial charge in [0.25, 0.3) is 0 Å². The van der Waals surface area contributed by atoms with E-state index in [1.54, 1.807) is 29.2 Å². The second-order valence-electron chi connectivity index (χ2n) is 5.92. The van der Waals surface area contributed by atoms with Gasteiger partial charge in [-0.05, 0) is 37.0 Å². The Hall–Kier alpha value is -1.86. The molecule has 3 rings (SSSR count). The molecule has 0 bridgehead atoms. The zero-order valence-corrected chi connectivity index (χ0v) is 16.2. The van der Waals surface area contributed by atoms with Gasteiger partial charge in [0.15, 0.2) is 4.34 Å². The Morgan fingerprint density at radius 2 is 2.12 bits per heavy atom. The second kappa shape index (κ2) is 8.01. The first-order valence-corrected chi connectivity index (χ1v) is 10.1. The number of nitrogens with zero attached hydrogens (tertiary/aromatic N) is 2. The number of thioether (sulfide) groups is 1. The number of aryl methyl sites for hydroxylation is 2. The van der Waals surface area contributed by atoms with Crippen LogP contribution in [0.3, 0.4) is 0 Å². The summed E-state index contributed by atoms with van der Waals surface area (Å²) in [7, 11) is 0. The van der Waals surface area contributed by atoms with Crippen LogP contribution in [0.25, 0.3) is 11.0 Å². The lowest BCUT2D eigenvalue weighted by molar-refractivity contribution is 0.557. The maximum absolute atomic E-state index is 11.9. The van der Waals surface area contributed by atoms with Gasteiger partial charge in [0.05, 0.1) is 0 Å². The largest absolute Gasteiger partial charge is 0.422 e. The lowest BCUT2D eigenvalue weighted by atomic mass is 10.0. The van der Waals surface area contributed by atoms with Crippen LogP contribution in [-0.2, 0) is 5.75 Å². The summed E-state index contributed by atoms with van der Waals surface area (Å²) in [6.07, 6.45) is 2.27. The van der Waals surface area contributed by atoms with E-state index in [4.69, 9.17) is 4.42 Å². The number of unbranched alkanes of at least 4 members (excludes halogenated alkanes) is 1. The van der Waals surface area contributed by atoms with Crippen LogP contribution in [0.1, 0.15) is 36.5 Å². The molecule has 2 aromatic heterocycles. The van der Waals surface area contributed by atoms with Crippen LogP contribution in [0.2, 0.25) is 0 Å². The average Bonchev–Trinajstić information content (AvgIpc) is 3.04. The van der Waals surface area contributed by atoms with Crippen LogP contribution in [0.15, 0.2) is 31.8 Å². The molecule has 0 saturated heterocycles. The minimum atomic E-state index is -0.309. The van der Waals surface area contributed by atoms with Crippen molar-refractivity contribution < 1.29 is 4.42 Å². The van der Waals surface area contributed by atoms with Crippen molar-refractivity contribution >= 4 is 39.2 Å². The zero-order valence-electron chi connectivity index (χ0n) is 14.6. The Morgan fingerprint density at radius 1 is 1.28 bits per heavy atom. The number of nitrogens with one attached hydrogen (secondary N) is 1. The molecule has 0 saturated carbocycles. The Balaban J connectivity index is 1.77. The highest BCUT2D eigenvalue weighted by molar-refractivity contribution is 8.00. The molecule has 0 unspecified atom stereocenters. The first kappa shape index (κ1) is 17.9. The highest BCUT2D eigenvalue weighted by atomic mass is 32.2. The van der Waals surface area contributed by atoms with E-state index in [2.05, 4.69) is 28.5 Å². The molecule has 25 heavy (non-hydrogen) atoms. The molecule has 0 aliphatic rings. The van der Waals surface area contributed by atoms with E-state index in [1.807, 2.05) is 19.9 Å². The van der Waals surface area contributed by atoms with Gasteiger partial charge in [0, 0.05) is 23.8 Å². The van der Waals surface area contributed by atoms with Crippen molar-refractivity contribution in [2.75, 3.05) is 11.9 Å². The van der Waals surface area contributed by atoms with Crippen LogP contribution < -0.4 is 10.9 Å². The highest BCUT2D eigenvalue weighted by Gasteiger charge is 2.11. The standard InChI is InChI=1S/C18H21N3O2S2/c1-4-5-8-19-17-20-21-18(25-17)24-10-13-9-15(22)23-16-12(3)11(2)6-7-14(13)16/h6-7,9H,4-5,8,10H2,1-3H3,(H,19,20). The smallest absolute Gasteiger partial charge is 0.336 e. The monoisotopic (exact) mass is 375 g/mol. The molecular weight excluding hydrogens is 354 g/mol. The predicted molar refractivity (Wildman–Crippen MR) is 105 cm³/mol. The molecule has 0 radical (unpaired) electrons. The maximum Gasteiger partial charge on any atom is 0.336 e. The molecular formula is C18H21N3O2S2. The van der Waals surface area contributed by atoms with Gasteiger partial charge in [0.2, 0.25) is 5.13 Å². The lowest BCUT2D eigenvalue weighted by Gasteiger charge is -2.08. The molecule has 1 N–H and O–H groups in total. The van der Waals surface area contributed by atoms with Gasteiger partial charge < -0.3 is 9.73 Å². The van der Waals surface area contributed by atoms with E-state index < -0.39 is 0 Å². The van der Waals surface area contributed by atoms with E-state index in [9.17, 15) is 4.79 Å². The van der Waals surface area contributed by atoms with E-state index in [0.717, 1.165) is 50.9 Å².